The van der Waals surface area contributed by atoms with Crippen molar-refractivity contribution in [1.29, 1.82) is 0 Å². The van der Waals surface area contributed by atoms with Gasteiger partial charge in [0.2, 0.25) is 0 Å². The summed E-state index contributed by atoms with van der Waals surface area (Å²) in [6, 6.07) is 35.7. The van der Waals surface area contributed by atoms with Crippen molar-refractivity contribution in [2.24, 2.45) is 0 Å². The largest absolute Gasteiger partial charge is 0.481 e. The maximum Gasteiger partial charge on any atom is 0.321 e. The minimum absolute atomic E-state index is 0.0197. The fourth-order valence-electron chi connectivity index (χ4n) is 3.97. The molecule has 4 rings (SSSR count). The number of rotatable bonds is 11. The van der Waals surface area contributed by atoms with E-state index in [4.69, 9.17) is 5.11 Å². The second kappa shape index (κ2) is 13.3. The Balaban J connectivity index is 1.41. The Morgan fingerprint density at radius 2 is 1.22 bits per heavy atom. The second-order valence-corrected chi connectivity index (χ2v) is 9.81. The third-order valence-corrected chi connectivity index (χ3v) is 6.92. The quantitative estimate of drug-likeness (QED) is 0.243. The predicted octanol–water partition coefficient (Wildman–Crippen LogP) is 6.47. The Labute approximate surface area is 222 Å². The number of benzene rings is 4. The number of carboxylic acid groups (broad SMARTS) is 1. The molecule has 0 unspecified atom stereocenters. The van der Waals surface area contributed by atoms with E-state index in [2.05, 4.69) is 29.6 Å². The summed E-state index contributed by atoms with van der Waals surface area (Å²) in [5, 5.41) is 12.0. The van der Waals surface area contributed by atoms with E-state index in [0.29, 0.717) is 13.1 Å². The first-order chi connectivity index (χ1) is 18.1. The van der Waals surface area contributed by atoms with Gasteiger partial charge >= 0.3 is 12.0 Å². The summed E-state index contributed by atoms with van der Waals surface area (Å²) >= 11 is 1.60. The van der Waals surface area contributed by atoms with Crippen molar-refractivity contribution in [3.05, 3.63) is 126 Å². The van der Waals surface area contributed by atoms with Crippen LogP contribution in [0.15, 0.2) is 119 Å². The second-order valence-electron chi connectivity index (χ2n) is 8.67. The highest BCUT2D eigenvalue weighted by molar-refractivity contribution is 7.99. The van der Waals surface area contributed by atoms with Gasteiger partial charge < -0.3 is 10.4 Å². The third-order valence-electron chi connectivity index (χ3n) is 5.91. The van der Waals surface area contributed by atoms with Gasteiger partial charge in [-0.1, -0.05) is 84.6 Å². The Hall–Kier alpha value is -4.03. The molecule has 5 nitrogen and oxygen atoms in total. The molecule has 0 saturated heterocycles. The van der Waals surface area contributed by atoms with Gasteiger partial charge in [-0.15, -0.1) is 0 Å². The summed E-state index contributed by atoms with van der Waals surface area (Å²) in [5.41, 5.74) is 3.99. The minimum Gasteiger partial charge on any atom is -0.481 e. The van der Waals surface area contributed by atoms with Gasteiger partial charge in [0.05, 0.1) is 6.42 Å². The number of carboxylic acids is 1. The van der Waals surface area contributed by atoms with Gasteiger partial charge in [0.15, 0.2) is 0 Å². The first kappa shape index (κ1) is 26.0. The van der Waals surface area contributed by atoms with Gasteiger partial charge in [0.25, 0.3) is 0 Å². The first-order valence-corrected chi connectivity index (χ1v) is 13.1. The standard InChI is InChI=1S/C31H30N2O3S/c34-30(35)23-26-11-15-28(16-12-26)37-29-17-13-27(14-18-29)33(22-20-25-9-5-2-6-10-25)31(36)32-21-19-24-7-3-1-4-8-24/h1-18H,19-23H2,(H,32,36)(H,34,35). The minimum atomic E-state index is -0.836. The van der Waals surface area contributed by atoms with E-state index in [1.807, 2.05) is 84.9 Å². The van der Waals surface area contributed by atoms with Crippen molar-refractivity contribution < 1.29 is 14.7 Å². The van der Waals surface area contributed by atoms with Gasteiger partial charge in [-0.25, -0.2) is 4.79 Å². The van der Waals surface area contributed by atoms with Crippen LogP contribution in [0.4, 0.5) is 10.5 Å². The number of nitrogens with zero attached hydrogens (tertiary/aromatic N) is 1. The van der Waals surface area contributed by atoms with Crippen molar-refractivity contribution in [3.63, 3.8) is 0 Å². The topological polar surface area (TPSA) is 69.6 Å². The van der Waals surface area contributed by atoms with E-state index in [0.717, 1.165) is 33.9 Å². The molecule has 0 aromatic heterocycles. The van der Waals surface area contributed by atoms with E-state index >= 15 is 0 Å². The molecule has 0 heterocycles. The molecule has 37 heavy (non-hydrogen) atoms. The number of carbonyl (C=O) groups excluding carboxylic acids is 1. The van der Waals surface area contributed by atoms with E-state index in [-0.39, 0.29) is 12.5 Å². The summed E-state index contributed by atoms with van der Waals surface area (Å²) in [4.78, 5) is 28.0. The van der Waals surface area contributed by atoms with Gasteiger partial charge in [-0.05, 0) is 65.9 Å². The number of aliphatic carboxylic acids is 1. The van der Waals surface area contributed by atoms with Crippen LogP contribution in [0.5, 0.6) is 0 Å². The molecule has 0 atom stereocenters. The average molecular weight is 511 g/mol. The number of urea groups is 1. The molecular formula is C31H30N2O3S. The molecule has 4 aromatic carbocycles. The van der Waals surface area contributed by atoms with Crippen LogP contribution in [-0.4, -0.2) is 30.2 Å². The molecule has 6 heteroatoms. The van der Waals surface area contributed by atoms with Gasteiger partial charge in [-0.3, -0.25) is 9.69 Å². The van der Waals surface area contributed by atoms with Crippen molar-refractivity contribution in [3.8, 4) is 0 Å². The molecule has 2 N–H and O–H groups in total. The highest BCUT2D eigenvalue weighted by Crippen LogP contribution is 2.29. The lowest BCUT2D eigenvalue weighted by atomic mass is 10.1. The summed E-state index contributed by atoms with van der Waals surface area (Å²) < 4.78 is 0. The number of hydrogen-bond donors (Lipinski definition) is 2. The van der Waals surface area contributed by atoms with Gasteiger partial charge in [-0.2, -0.15) is 0 Å². The molecule has 0 radical (unpaired) electrons. The molecule has 0 aliphatic rings. The molecule has 188 valence electrons. The highest BCUT2D eigenvalue weighted by atomic mass is 32.2. The zero-order valence-corrected chi connectivity index (χ0v) is 21.4. The van der Waals surface area contributed by atoms with Crippen LogP contribution in [0, 0.1) is 0 Å². The van der Waals surface area contributed by atoms with Crippen LogP contribution in [0.2, 0.25) is 0 Å². The molecule has 0 bridgehead atoms. The number of amides is 2. The monoisotopic (exact) mass is 510 g/mol. The first-order valence-electron chi connectivity index (χ1n) is 12.3. The third kappa shape index (κ3) is 8.26. The lowest BCUT2D eigenvalue weighted by Gasteiger charge is -2.24. The van der Waals surface area contributed by atoms with Crippen LogP contribution in [-0.2, 0) is 24.1 Å². The SMILES string of the molecule is O=C(O)Cc1ccc(Sc2ccc(N(CCc3ccccc3)C(=O)NCCc3ccccc3)cc2)cc1. The van der Waals surface area contributed by atoms with E-state index in [1.165, 1.54) is 11.1 Å². The average Bonchev–Trinajstić information content (AvgIpc) is 2.92. The number of hydrogen-bond acceptors (Lipinski definition) is 3. The lowest BCUT2D eigenvalue weighted by Crippen LogP contribution is -2.42. The number of carbonyl (C=O) groups is 2. The van der Waals surface area contributed by atoms with Crippen LogP contribution in [0.1, 0.15) is 16.7 Å². The summed E-state index contributed by atoms with van der Waals surface area (Å²) in [5.74, 6) is -0.836. The molecule has 0 aliphatic heterocycles. The van der Waals surface area contributed by atoms with E-state index in [1.54, 1.807) is 16.7 Å². The molecule has 2 amide bonds. The molecule has 4 aromatic rings. The molecule has 0 fully saturated rings. The summed E-state index contributed by atoms with van der Waals surface area (Å²) in [7, 11) is 0. The summed E-state index contributed by atoms with van der Waals surface area (Å²) in [6.45, 7) is 1.13. The Morgan fingerprint density at radius 1 is 0.676 bits per heavy atom. The molecule has 0 aliphatic carbocycles. The lowest BCUT2D eigenvalue weighted by molar-refractivity contribution is -0.136. The normalized spacial score (nSPS) is 10.6. The maximum absolute atomic E-state index is 13.2. The highest BCUT2D eigenvalue weighted by Gasteiger charge is 2.16. The predicted molar refractivity (Wildman–Crippen MR) is 149 cm³/mol. The van der Waals surface area contributed by atoms with Crippen molar-refractivity contribution in [1.82, 2.24) is 5.32 Å². The summed E-state index contributed by atoms with van der Waals surface area (Å²) in [6.07, 6.45) is 1.55. The zero-order valence-electron chi connectivity index (χ0n) is 20.5. The van der Waals surface area contributed by atoms with Crippen molar-refractivity contribution in [2.75, 3.05) is 18.0 Å². The number of anilines is 1. The molecular weight excluding hydrogens is 480 g/mol. The van der Waals surface area contributed by atoms with Gasteiger partial charge in [0, 0.05) is 28.6 Å². The fraction of sp³-hybridized carbons (Fsp3) is 0.161. The van der Waals surface area contributed by atoms with Crippen LogP contribution in [0.3, 0.4) is 0 Å². The Bertz CT molecular complexity index is 1280. The Morgan fingerprint density at radius 3 is 1.78 bits per heavy atom. The zero-order chi connectivity index (χ0) is 25.9. The molecule has 0 spiro atoms. The van der Waals surface area contributed by atoms with Crippen LogP contribution < -0.4 is 10.2 Å². The van der Waals surface area contributed by atoms with E-state index < -0.39 is 5.97 Å². The van der Waals surface area contributed by atoms with Crippen LogP contribution in [0.25, 0.3) is 0 Å². The fourth-order valence-corrected chi connectivity index (χ4v) is 4.78. The number of nitrogens with one attached hydrogen (secondary N) is 1. The smallest absolute Gasteiger partial charge is 0.321 e. The Kier molecular flexibility index (Phi) is 9.38. The molecule has 0 saturated carbocycles. The van der Waals surface area contributed by atoms with Crippen LogP contribution >= 0.6 is 11.8 Å². The van der Waals surface area contributed by atoms with E-state index in [9.17, 15) is 9.59 Å². The van der Waals surface area contributed by atoms with Crippen molar-refractivity contribution >= 4 is 29.4 Å². The van der Waals surface area contributed by atoms with Gasteiger partial charge in [0.1, 0.15) is 0 Å². The maximum atomic E-state index is 13.2. The van der Waals surface area contributed by atoms with Crippen molar-refractivity contribution in [2.45, 2.75) is 29.1 Å².